The molecule has 4 N–H and O–H groups in total. The van der Waals surface area contributed by atoms with Crippen molar-refractivity contribution in [3.63, 3.8) is 0 Å². The predicted octanol–water partition coefficient (Wildman–Crippen LogP) is 3.33. The fourth-order valence-corrected chi connectivity index (χ4v) is 4.14. The number of terminal acetylenes is 1. The van der Waals surface area contributed by atoms with Gasteiger partial charge in [0.1, 0.15) is 5.60 Å². The molecule has 4 rings (SSSR count). The molecule has 0 bridgehead atoms. The van der Waals surface area contributed by atoms with Crippen LogP contribution in [0, 0.1) is 12.8 Å². The van der Waals surface area contributed by atoms with Gasteiger partial charge in [-0.15, -0.1) is 12.8 Å². The summed E-state index contributed by atoms with van der Waals surface area (Å²) < 4.78 is 3.62. The van der Waals surface area contributed by atoms with Crippen LogP contribution in [0.5, 0.6) is 0 Å². The number of aliphatic hydroxyl groups is 1. The zero-order valence-electron chi connectivity index (χ0n) is 22.6. The molecule has 3 aromatic rings. The molecule has 4 heterocycles. The number of rotatable bonds is 6. The highest BCUT2D eigenvalue weighted by Gasteiger charge is 2.32. The molecular weight excluding hydrogens is 470 g/mol. The molecule has 0 unspecified atom stereocenters. The average molecular weight is 510 g/mol. The van der Waals surface area contributed by atoms with Crippen molar-refractivity contribution in [3.8, 4) is 24.0 Å². The van der Waals surface area contributed by atoms with Crippen molar-refractivity contribution in [2.24, 2.45) is 5.73 Å². The molecule has 0 saturated carbocycles. The summed E-state index contributed by atoms with van der Waals surface area (Å²) in [6, 6.07) is 2.26. The van der Waals surface area contributed by atoms with E-state index >= 15 is 0 Å². The molecule has 1 aliphatic heterocycles. The van der Waals surface area contributed by atoms with Crippen LogP contribution in [-0.2, 0) is 4.79 Å². The van der Waals surface area contributed by atoms with E-state index < -0.39 is 11.5 Å². The Hall–Kier alpha value is -3.84. The van der Waals surface area contributed by atoms with Crippen LogP contribution < -0.4 is 11.1 Å². The van der Waals surface area contributed by atoms with Crippen LogP contribution in [-0.4, -0.2) is 65.9 Å². The van der Waals surface area contributed by atoms with E-state index in [-0.39, 0.29) is 18.0 Å². The lowest BCUT2D eigenvalue weighted by atomic mass is 10.0. The minimum atomic E-state index is -1.39. The summed E-state index contributed by atoms with van der Waals surface area (Å²) in [4.78, 5) is 26.2. The molecule has 1 saturated heterocycles. The van der Waals surface area contributed by atoms with Gasteiger partial charge in [-0.1, -0.05) is 13.8 Å². The highest BCUT2D eigenvalue weighted by molar-refractivity contribution is 6.02. The van der Waals surface area contributed by atoms with Crippen LogP contribution >= 0.6 is 0 Å². The lowest BCUT2D eigenvalue weighted by molar-refractivity contribution is -0.148. The molecule has 10 nitrogen and oxygen atoms in total. The standard InChI is InChI=1S/C23H31N7O3.C2H6.C2H2/c1-14(2)29-13-16(10-25-29)15-9-19-20(18(21(24)31)11-26-30(19)12-15)27-17-5-7-28(8-6-17)22(32)23(3,4)33;2*1-2/h9-14,17,27,33H,5-8H2,1-4H3,(H2,24,31);1-2H3;1-2H. The first-order valence-corrected chi connectivity index (χ1v) is 12.5. The maximum Gasteiger partial charge on any atom is 0.253 e. The SMILES string of the molecule is C#C.CC.CC(C)n1cc(-c2cc3c(NC4CCN(C(=O)C(C)(C)O)CC4)c(C(N)=O)cnn3c2)cn1. The summed E-state index contributed by atoms with van der Waals surface area (Å²) in [7, 11) is 0. The molecular formula is C27H39N7O3. The van der Waals surface area contributed by atoms with Crippen LogP contribution in [0.4, 0.5) is 5.69 Å². The Balaban J connectivity index is 0.00000115. The van der Waals surface area contributed by atoms with Crippen molar-refractivity contribution >= 4 is 23.0 Å². The Kier molecular flexibility index (Phi) is 9.86. The molecule has 0 aliphatic carbocycles. The Morgan fingerprint density at radius 1 is 1.11 bits per heavy atom. The lowest BCUT2D eigenvalue weighted by Gasteiger charge is -2.36. The van der Waals surface area contributed by atoms with Crippen LogP contribution in [0.2, 0.25) is 0 Å². The number of nitrogens with one attached hydrogen (secondary N) is 1. The van der Waals surface area contributed by atoms with Gasteiger partial charge in [0.2, 0.25) is 0 Å². The van der Waals surface area contributed by atoms with Gasteiger partial charge in [0.15, 0.2) is 0 Å². The number of amides is 2. The number of carbonyl (C=O) groups excluding carboxylic acids is 2. The molecule has 10 heteroatoms. The van der Waals surface area contributed by atoms with E-state index in [9.17, 15) is 14.7 Å². The van der Waals surface area contributed by atoms with Gasteiger partial charge in [-0.05, 0) is 46.6 Å². The second kappa shape index (κ2) is 12.4. The van der Waals surface area contributed by atoms with Crippen molar-refractivity contribution in [3.05, 3.63) is 36.4 Å². The minimum absolute atomic E-state index is 0.0437. The summed E-state index contributed by atoms with van der Waals surface area (Å²) in [5.74, 6) is -0.833. The first-order chi connectivity index (χ1) is 17.5. The Morgan fingerprint density at radius 3 is 2.24 bits per heavy atom. The number of aromatic nitrogens is 4. The molecule has 0 atom stereocenters. The van der Waals surface area contributed by atoms with Gasteiger partial charge in [0.25, 0.3) is 11.8 Å². The summed E-state index contributed by atoms with van der Waals surface area (Å²) >= 11 is 0. The molecule has 0 aromatic carbocycles. The fraction of sp³-hybridized carbons (Fsp3) is 0.481. The summed E-state index contributed by atoms with van der Waals surface area (Å²) in [5.41, 5.74) is 7.85. The highest BCUT2D eigenvalue weighted by Crippen LogP contribution is 2.30. The van der Waals surface area contributed by atoms with Crippen molar-refractivity contribution in [2.45, 2.75) is 72.1 Å². The largest absolute Gasteiger partial charge is 0.381 e. The van der Waals surface area contributed by atoms with Crippen LogP contribution in [0.1, 0.15) is 70.8 Å². The van der Waals surface area contributed by atoms with Gasteiger partial charge < -0.3 is 21.1 Å². The Morgan fingerprint density at radius 2 is 1.73 bits per heavy atom. The second-order valence-corrected chi connectivity index (χ2v) is 9.43. The lowest BCUT2D eigenvalue weighted by Crippen LogP contribution is -2.50. The number of nitrogens with zero attached hydrogens (tertiary/aromatic N) is 5. The van der Waals surface area contributed by atoms with E-state index in [0.717, 1.165) is 16.6 Å². The summed E-state index contributed by atoms with van der Waals surface area (Å²) in [6.45, 7) is 12.2. The fourth-order valence-electron chi connectivity index (χ4n) is 4.14. The molecule has 2 amide bonds. The second-order valence-electron chi connectivity index (χ2n) is 9.43. The van der Waals surface area contributed by atoms with Gasteiger partial charge in [-0.3, -0.25) is 14.3 Å². The van der Waals surface area contributed by atoms with Gasteiger partial charge in [-0.2, -0.15) is 10.2 Å². The molecule has 200 valence electrons. The van der Waals surface area contributed by atoms with Crippen LogP contribution in [0.15, 0.2) is 30.9 Å². The number of nitrogens with two attached hydrogens (primary N) is 1. The number of piperidine rings is 1. The van der Waals surface area contributed by atoms with Gasteiger partial charge in [0.05, 0.1) is 29.2 Å². The predicted molar refractivity (Wildman–Crippen MR) is 146 cm³/mol. The maximum absolute atomic E-state index is 12.4. The van der Waals surface area contributed by atoms with Gasteiger partial charge >= 0.3 is 0 Å². The number of hydrogen-bond acceptors (Lipinski definition) is 6. The molecule has 0 spiro atoms. The van der Waals surface area contributed by atoms with E-state index in [1.165, 1.54) is 20.0 Å². The van der Waals surface area contributed by atoms with Crippen molar-refractivity contribution in [2.75, 3.05) is 18.4 Å². The smallest absolute Gasteiger partial charge is 0.253 e. The quantitative estimate of drug-likeness (QED) is 0.437. The normalized spacial score (nSPS) is 13.9. The van der Waals surface area contributed by atoms with Gasteiger partial charge in [0, 0.05) is 48.7 Å². The number of fused-ring (bicyclic) bond motifs is 1. The topological polar surface area (TPSA) is 131 Å². The zero-order chi connectivity index (χ0) is 27.9. The third-order valence-corrected chi connectivity index (χ3v) is 6.02. The maximum atomic E-state index is 12.4. The molecule has 0 radical (unpaired) electrons. The summed E-state index contributed by atoms with van der Waals surface area (Å²) in [6.07, 6.45) is 16.5. The van der Waals surface area contributed by atoms with Crippen LogP contribution in [0.3, 0.4) is 0 Å². The molecule has 1 fully saturated rings. The number of primary amides is 1. The van der Waals surface area contributed by atoms with Gasteiger partial charge in [-0.25, -0.2) is 4.52 Å². The Bertz CT molecular complexity index is 1230. The molecule has 1 aliphatic rings. The zero-order valence-corrected chi connectivity index (χ0v) is 22.6. The van der Waals surface area contributed by atoms with E-state index in [0.29, 0.717) is 37.2 Å². The first-order valence-electron chi connectivity index (χ1n) is 12.5. The monoisotopic (exact) mass is 509 g/mol. The van der Waals surface area contributed by atoms with Crippen molar-refractivity contribution in [1.82, 2.24) is 24.3 Å². The molecule has 37 heavy (non-hydrogen) atoms. The average Bonchev–Trinajstić information content (AvgIpc) is 3.54. The summed E-state index contributed by atoms with van der Waals surface area (Å²) in [5, 5.41) is 22.3. The van der Waals surface area contributed by atoms with E-state index in [4.69, 9.17) is 5.73 Å². The van der Waals surface area contributed by atoms with E-state index in [1.807, 2.05) is 43.2 Å². The molecule has 3 aromatic heterocycles. The first kappa shape index (κ1) is 29.4. The number of carbonyl (C=O) groups is 2. The Labute approximate surface area is 218 Å². The third kappa shape index (κ3) is 6.68. The third-order valence-electron chi connectivity index (χ3n) is 6.02. The van der Waals surface area contributed by atoms with Crippen molar-refractivity contribution < 1.29 is 14.7 Å². The number of likely N-dealkylation sites (tertiary alicyclic amines) is 1. The van der Waals surface area contributed by atoms with Crippen molar-refractivity contribution in [1.29, 1.82) is 0 Å². The number of anilines is 1. The number of hydrogen-bond donors (Lipinski definition) is 3. The van der Waals surface area contributed by atoms with E-state index in [2.05, 4.69) is 42.2 Å². The van der Waals surface area contributed by atoms with Crippen LogP contribution in [0.25, 0.3) is 16.6 Å². The highest BCUT2D eigenvalue weighted by atomic mass is 16.3. The van der Waals surface area contributed by atoms with E-state index in [1.54, 1.807) is 9.42 Å². The minimum Gasteiger partial charge on any atom is -0.381 e.